The first kappa shape index (κ1) is 14.3. The van der Waals surface area contributed by atoms with Crippen molar-refractivity contribution in [1.29, 1.82) is 0 Å². The Labute approximate surface area is 119 Å². The summed E-state index contributed by atoms with van der Waals surface area (Å²) in [5.41, 5.74) is 0.531. The molecule has 1 aromatic heterocycles. The van der Waals surface area contributed by atoms with Crippen LogP contribution in [0.1, 0.15) is 5.69 Å². The molecule has 0 N–H and O–H groups in total. The molecule has 7 nitrogen and oxygen atoms in total. The minimum atomic E-state index is -0.566. The van der Waals surface area contributed by atoms with E-state index in [1.807, 2.05) is 0 Å². The van der Waals surface area contributed by atoms with Crippen molar-refractivity contribution in [3.05, 3.63) is 45.2 Å². The maximum absolute atomic E-state index is 11.1. The second-order valence-electron chi connectivity index (χ2n) is 3.89. The average Bonchev–Trinajstić information content (AvgIpc) is 2.76. The number of nitro groups is 1. The van der Waals surface area contributed by atoms with Crippen molar-refractivity contribution in [2.75, 3.05) is 14.2 Å². The number of aromatic nitrogens is 2. The first-order chi connectivity index (χ1) is 9.58. The van der Waals surface area contributed by atoms with Crippen molar-refractivity contribution < 1.29 is 14.4 Å². The predicted octanol–water partition coefficient (Wildman–Crippen LogP) is 2.59. The molecule has 0 amide bonds. The van der Waals surface area contributed by atoms with Crippen molar-refractivity contribution in [3.8, 4) is 11.4 Å². The van der Waals surface area contributed by atoms with E-state index in [0.29, 0.717) is 11.4 Å². The predicted molar refractivity (Wildman–Crippen MR) is 72.5 cm³/mol. The summed E-state index contributed by atoms with van der Waals surface area (Å²) in [4.78, 5) is 10.5. The number of hydrogen-bond acceptors (Lipinski definition) is 5. The molecule has 0 fully saturated rings. The van der Waals surface area contributed by atoms with Gasteiger partial charge in [0.2, 0.25) is 5.15 Å². The van der Waals surface area contributed by atoms with Crippen LogP contribution in [-0.2, 0) is 11.3 Å². The summed E-state index contributed by atoms with van der Waals surface area (Å²) in [6, 6.07) is 6.85. The largest absolute Gasteiger partial charge is 0.497 e. The van der Waals surface area contributed by atoms with Gasteiger partial charge in [0.1, 0.15) is 5.75 Å². The van der Waals surface area contributed by atoms with Gasteiger partial charge in [-0.2, -0.15) is 5.10 Å². The highest BCUT2D eigenvalue weighted by Gasteiger charge is 2.27. The van der Waals surface area contributed by atoms with E-state index >= 15 is 0 Å². The summed E-state index contributed by atoms with van der Waals surface area (Å²) in [7, 11) is 2.99. The molecule has 0 saturated heterocycles. The summed E-state index contributed by atoms with van der Waals surface area (Å²) in [6.07, 6.45) is 0. The molecule has 1 heterocycles. The number of benzene rings is 1. The molecule has 1 aromatic carbocycles. The number of halogens is 1. The van der Waals surface area contributed by atoms with E-state index in [2.05, 4.69) is 5.10 Å². The van der Waals surface area contributed by atoms with Crippen LogP contribution in [0.4, 0.5) is 5.69 Å². The molecular weight excluding hydrogens is 286 g/mol. The van der Waals surface area contributed by atoms with Gasteiger partial charge in [-0.3, -0.25) is 10.1 Å². The summed E-state index contributed by atoms with van der Waals surface area (Å²) >= 11 is 6.04. The molecule has 0 spiro atoms. The van der Waals surface area contributed by atoms with E-state index in [4.69, 9.17) is 21.1 Å². The highest BCUT2D eigenvalue weighted by Crippen LogP contribution is 2.31. The molecule has 2 rings (SSSR count). The maximum atomic E-state index is 11.1. The molecular formula is C12H12ClN3O4. The lowest BCUT2D eigenvalue weighted by Gasteiger charge is -2.03. The van der Waals surface area contributed by atoms with Gasteiger partial charge in [0, 0.05) is 7.11 Å². The van der Waals surface area contributed by atoms with Crippen LogP contribution >= 0.6 is 11.6 Å². The van der Waals surface area contributed by atoms with Crippen LogP contribution in [0, 0.1) is 10.1 Å². The molecule has 0 radical (unpaired) electrons. The van der Waals surface area contributed by atoms with Crippen molar-refractivity contribution >= 4 is 17.3 Å². The zero-order valence-corrected chi connectivity index (χ0v) is 11.6. The number of nitrogens with zero attached hydrogens (tertiary/aromatic N) is 3. The molecule has 2 aromatic rings. The van der Waals surface area contributed by atoms with E-state index in [1.165, 1.54) is 11.8 Å². The number of methoxy groups -OCH3 is 2. The van der Waals surface area contributed by atoms with Crippen molar-refractivity contribution in [3.63, 3.8) is 0 Å². The third-order valence-electron chi connectivity index (χ3n) is 2.66. The minimum absolute atomic E-state index is 0.0131. The Balaban J connectivity index is 2.50. The Bertz CT molecular complexity index is 624. The molecule has 0 aliphatic heterocycles. The van der Waals surface area contributed by atoms with Gasteiger partial charge in [-0.15, -0.1) is 0 Å². The average molecular weight is 298 g/mol. The van der Waals surface area contributed by atoms with E-state index < -0.39 is 4.92 Å². The summed E-state index contributed by atoms with van der Waals surface area (Å²) < 4.78 is 11.2. The highest BCUT2D eigenvalue weighted by molar-refractivity contribution is 6.32. The molecule has 20 heavy (non-hydrogen) atoms. The SMILES string of the molecule is COCc1nn(-c2ccc(OC)cc2)c(Cl)c1[N+](=O)[O-]. The van der Waals surface area contributed by atoms with Crippen LogP contribution in [0.5, 0.6) is 5.75 Å². The molecule has 0 aliphatic rings. The highest BCUT2D eigenvalue weighted by atomic mass is 35.5. The summed E-state index contributed by atoms with van der Waals surface area (Å²) in [5, 5.41) is 15.1. The second-order valence-corrected chi connectivity index (χ2v) is 4.24. The summed E-state index contributed by atoms with van der Waals surface area (Å²) in [5.74, 6) is 0.670. The fourth-order valence-corrected chi connectivity index (χ4v) is 2.05. The monoisotopic (exact) mass is 297 g/mol. The van der Waals surface area contributed by atoms with Crippen LogP contribution in [0.25, 0.3) is 5.69 Å². The Morgan fingerprint density at radius 1 is 1.35 bits per heavy atom. The molecule has 0 unspecified atom stereocenters. The maximum Gasteiger partial charge on any atom is 0.331 e. The van der Waals surface area contributed by atoms with Gasteiger partial charge in [0.15, 0.2) is 5.69 Å². The molecule has 106 valence electrons. The van der Waals surface area contributed by atoms with E-state index in [0.717, 1.165) is 0 Å². The third-order valence-corrected chi connectivity index (χ3v) is 3.00. The van der Waals surface area contributed by atoms with Crippen LogP contribution in [-0.4, -0.2) is 28.9 Å². The van der Waals surface area contributed by atoms with Gasteiger partial charge in [0.25, 0.3) is 0 Å². The van der Waals surface area contributed by atoms with Gasteiger partial charge < -0.3 is 9.47 Å². The lowest BCUT2D eigenvalue weighted by molar-refractivity contribution is -0.385. The van der Waals surface area contributed by atoms with Crippen LogP contribution in [0.2, 0.25) is 5.15 Å². The number of hydrogen-bond donors (Lipinski definition) is 0. The standard InChI is InChI=1S/C12H12ClN3O4/c1-19-7-10-11(16(17)18)12(13)15(14-10)8-3-5-9(20-2)6-4-8/h3-6H,7H2,1-2H3. The van der Waals surface area contributed by atoms with Gasteiger partial charge in [-0.05, 0) is 24.3 Å². The fraction of sp³-hybridized carbons (Fsp3) is 0.250. The molecule has 8 heteroatoms. The van der Waals surface area contributed by atoms with Gasteiger partial charge >= 0.3 is 5.69 Å². The van der Waals surface area contributed by atoms with E-state index in [9.17, 15) is 10.1 Å². The first-order valence-electron chi connectivity index (χ1n) is 5.63. The van der Waals surface area contributed by atoms with E-state index in [1.54, 1.807) is 31.4 Å². The summed E-state index contributed by atoms with van der Waals surface area (Å²) in [6.45, 7) is 0.0131. The smallest absolute Gasteiger partial charge is 0.331 e. The lowest BCUT2D eigenvalue weighted by Crippen LogP contribution is -1.98. The van der Waals surface area contributed by atoms with Crippen molar-refractivity contribution in [1.82, 2.24) is 9.78 Å². The third kappa shape index (κ3) is 2.59. The number of ether oxygens (including phenoxy) is 2. The van der Waals surface area contributed by atoms with Gasteiger partial charge in [-0.25, -0.2) is 4.68 Å². The zero-order valence-electron chi connectivity index (χ0n) is 10.9. The van der Waals surface area contributed by atoms with Crippen molar-refractivity contribution in [2.24, 2.45) is 0 Å². The second kappa shape index (κ2) is 5.89. The van der Waals surface area contributed by atoms with Crippen LogP contribution in [0.15, 0.2) is 24.3 Å². The fourth-order valence-electron chi connectivity index (χ4n) is 1.74. The zero-order chi connectivity index (χ0) is 14.7. The van der Waals surface area contributed by atoms with Crippen LogP contribution in [0.3, 0.4) is 0 Å². The Hall–Kier alpha value is -2.12. The molecule has 0 aliphatic carbocycles. The molecule has 0 atom stereocenters. The topological polar surface area (TPSA) is 79.4 Å². The molecule has 0 bridgehead atoms. The van der Waals surface area contributed by atoms with Gasteiger partial charge in [0.05, 0.1) is 24.3 Å². The quantitative estimate of drug-likeness (QED) is 0.626. The van der Waals surface area contributed by atoms with Crippen LogP contribution < -0.4 is 4.74 Å². The van der Waals surface area contributed by atoms with Gasteiger partial charge in [-0.1, -0.05) is 11.6 Å². The Kier molecular flexibility index (Phi) is 4.21. The number of rotatable bonds is 5. The van der Waals surface area contributed by atoms with Crippen molar-refractivity contribution in [2.45, 2.75) is 6.61 Å². The lowest BCUT2D eigenvalue weighted by atomic mass is 10.3. The normalized spacial score (nSPS) is 10.6. The van der Waals surface area contributed by atoms with E-state index in [-0.39, 0.29) is 23.1 Å². The Morgan fingerprint density at radius 2 is 2.00 bits per heavy atom. The minimum Gasteiger partial charge on any atom is -0.497 e. The first-order valence-corrected chi connectivity index (χ1v) is 6.01. The molecule has 0 saturated carbocycles. The Morgan fingerprint density at radius 3 is 2.50 bits per heavy atom.